The van der Waals surface area contributed by atoms with Crippen molar-refractivity contribution in [3.8, 4) is 5.75 Å². The van der Waals surface area contributed by atoms with Crippen LogP contribution in [0.2, 0.25) is 5.02 Å². The van der Waals surface area contributed by atoms with Crippen molar-refractivity contribution in [2.75, 3.05) is 38.6 Å². The van der Waals surface area contributed by atoms with Crippen molar-refractivity contribution in [1.29, 1.82) is 0 Å². The number of carbonyl (C=O) groups excluding carboxylic acids is 2. The molecule has 0 spiro atoms. The van der Waals surface area contributed by atoms with Crippen LogP contribution in [0.5, 0.6) is 5.75 Å². The van der Waals surface area contributed by atoms with Crippen molar-refractivity contribution >= 4 is 34.9 Å². The highest BCUT2D eigenvalue weighted by atomic mass is 35.5. The summed E-state index contributed by atoms with van der Waals surface area (Å²) in [6, 6.07) is 14.5. The highest BCUT2D eigenvalue weighted by Gasteiger charge is 2.28. The van der Waals surface area contributed by atoms with Gasteiger partial charge in [-0.2, -0.15) is 0 Å². The van der Waals surface area contributed by atoms with E-state index in [2.05, 4.69) is 10.3 Å². The third-order valence-electron chi connectivity index (χ3n) is 5.41. The molecule has 4 rings (SSSR count). The smallest absolute Gasteiger partial charge is 0.257 e. The Morgan fingerprint density at radius 3 is 2.30 bits per heavy atom. The van der Waals surface area contributed by atoms with E-state index in [0.29, 0.717) is 49.0 Å². The zero-order valence-corrected chi connectivity index (χ0v) is 18.7. The van der Waals surface area contributed by atoms with Gasteiger partial charge in [-0.1, -0.05) is 23.7 Å². The molecule has 0 atom stereocenters. The SMILES string of the molecule is COc1ccccc1Nc1ncccc1C(=O)N1CCN(C(=O)c2ccc(F)cc2Cl)CC1. The van der Waals surface area contributed by atoms with Crippen molar-refractivity contribution in [3.05, 3.63) is 82.8 Å². The molecule has 0 aliphatic carbocycles. The quantitative estimate of drug-likeness (QED) is 0.606. The number of para-hydroxylation sites is 2. The third-order valence-corrected chi connectivity index (χ3v) is 5.73. The normalized spacial score (nSPS) is 13.5. The van der Waals surface area contributed by atoms with Gasteiger partial charge in [0.1, 0.15) is 17.4 Å². The fraction of sp³-hybridized carbons (Fsp3) is 0.208. The number of piperazine rings is 1. The van der Waals surface area contributed by atoms with E-state index in [4.69, 9.17) is 16.3 Å². The van der Waals surface area contributed by atoms with Gasteiger partial charge in [-0.05, 0) is 42.5 Å². The number of rotatable bonds is 5. The standard InChI is InChI=1S/C24H22ClFN4O3/c1-33-21-7-3-2-6-20(21)28-22-18(5-4-10-27-22)24(32)30-13-11-29(12-14-30)23(31)17-9-8-16(26)15-19(17)25/h2-10,15H,11-14H2,1H3,(H,27,28). The van der Waals surface area contributed by atoms with E-state index in [9.17, 15) is 14.0 Å². The summed E-state index contributed by atoms with van der Waals surface area (Å²) in [4.78, 5) is 33.7. The summed E-state index contributed by atoms with van der Waals surface area (Å²) in [5.74, 6) is 0.0807. The number of aromatic nitrogens is 1. The van der Waals surface area contributed by atoms with Crippen LogP contribution in [0.15, 0.2) is 60.8 Å². The Morgan fingerprint density at radius 2 is 1.64 bits per heavy atom. The lowest BCUT2D eigenvalue weighted by Crippen LogP contribution is -2.50. The highest BCUT2D eigenvalue weighted by Crippen LogP contribution is 2.28. The number of methoxy groups -OCH3 is 1. The van der Waals surface area contributed by atoms with Crippen LogP contribution in [0.3, 0.4) is 0 Å². The van der Waals surface area contributed by atoms with Gasteiger partial charge in [-0.3, -0.25) is 9.59 Å². The van der Waals surface area contributed by atoms with Gasteiger partial charge in [-0.15, -0.1) is 0 Å². The summed E-state index contributed by atoms with van der Waals surface area (Å²) < 4.78 is 18.7. The van der Waals surface area contributed by atoms with Gasteiger partial charge < -0.3 is 19.9 Å². The molecule has 2 heterocycles. The molecule has 1 aliphatic heterocycles. The largest absolute Gasteiger partial charge is 0.495 e. The van der Waals surface area contributed by atoms with Gasteiger partial charge in [0.05, 0.1) is 28.9 Å². The summed E-state index contributed by atoms with van der Waals surface area (Å²) in [6.45, 7) is 1.39. The van der Waals surface area contributed by atoms with E-state index in [1.165, 1.54) is 12.1 Å². The number of nitrogens with zero attached hydrogens (tertiary/aromatic N) is 3. The van der Waals surface area contributed by atoms with E-state index in [-0.39, 0.29) is 22.4 Å². The molecule has 1 fully saturated rings. The van der Waals surface area contributed by atoms with Crippen LogP contribution in [0, 0.1) is 5.82 Å². The van der Waals surface area contributed by atoms with E-state index in [1.807, 2.05) is 24.3 Å². The summed E-state index contributed by atoms with van der Waals surface area (Å²) in [5, 5.41) is 3.25. The molecule has 1 aromatic heterocycles. The van der Waals surface area contributed by atoms with Gasteiger partial charge in [0, 0.05) is 32.4 Å². The van der Waals surface area contributed by atoms with Crippen molar-refractivity contribution in [3.63, 3.8) is 0 Å². The molecule has 0 radical (unpaired) electrons. The summed E-state index contributed by atoms with van der Waals surface area (Å²) in [7, 11) is 1.57. The van der Waals surface area contributed by atoms with E-state index >= 15 is 0 Å². The maximum atomic E-state index is 13.3. The Labute approximate surface area is 195 Å². The predicted octanol–water partition coefficient (Wildman–Crippen LogP) is 4.22. The van der Waals surface area contributed by atoms with Crippen LogP contribution < -0.4 is 10.1 Å². The van der Waals surface area contributed by atoms with Crippen LogP contribution in [-0.2, 0) is 0 Å². The third kappa shape index (κ3) is 4.90. The lowest BCUT2D eigenvalue weighted by atomic mass is 10.1. The molecule has 1 aliphatic rings. The number of amides is 2. The Kier molecular flexibility index (Phi) is 6.74. The van der Waals surface area contributed by atoms with Gasteiger partial charge in [0.15, 0.2) is 0 Å². The number of ether oxygens (including phenoxy) is 1. The molecule has 33 heavy (non-hydrogen) atoms. The second-order valence-corrected chi connectivity index (χ2v) is 7.84. The van der Waals surface area contributed by atoms with Gasteiger partial charge in [0.2, 0.25) is 0 Å². The molecule has 2 aromatic carbocycles. The van der Waals surface area contributed by atoms with Crippen LogP contribution >= 0.6 is 11.6 Å². The first-order valence-corrected chi connectivity index (χ1v) is 10.7. The number of benzene rings is 2. The number of pyridine rings is 1. The van der Waals surface area contributed by atoms with Gasteiger partial charge >= 0.3 is 0 Å². The second-order valence-electron chi connectivity index (χ2n) is 7.43. The minimum absolute atomic E-state index is 0.0703. The van der Waals surface area contributed by atoms with Crippen LogP contribution in [0.1, 0.15) is 20.7 Å². The fourth-order valence-electron chi connectivity index (χ4n) is 3.67. The molecule has 7 nitrogen and oxygen atoms in total. The highest BCUT2D eigenvalue weighted by molar-refractivity contribution is 6.33. The van der Waals surface area contributed by atoms with Crippen LogP contribution in [0.4, 0.5) is 15.9 Å². The topological polar surface area (TPSA) is 74.8 Å². The summed E-state index contributed by atoms with van der Waals surface area (Å²) in [6.07, 6.45) is 1.61. The molecule has 0 bridgehead atoms. The maximum Gasteiger partial charge on any atom is 0.257 e. The van der Waals surface area contributed by atoms with Crippen molar-refractivity contribution in [1.82, 2.24) is 14.8 Å². The Hall–Kier alpha value is -3.65. The number of anilines is 2. The average Bonchev–Trinajstić information content (AvgIpc) is 2.84. The van der Waals surface area contributed by atoms with Crippen LogP contribution in [0.25, 0.3) is 0 Å². The molecule has 3 aromatic rings. The molecular formula is C24H22ClFN4O3. The lowest BCUT2D eigenvalue weighted by molar-refractivity contribution is 0.0536. The number of nitrogens with one attached hydrogen (secondary N) is 1. The minimum Gasteiger partial charge on any atom is -0.495 e. The molecule has 0 saturated carbocycles. The summed E-state index contributed by atoms with van der Waals surface area (Å²) in [5.41, 5.74) is 1.36. The van der Waals surface area contributed by atoms with E-state index in [1.54, 1.807) is 35.2 Å². The second kappa shape index (κ2) is 9.87. The van der Waals surface area contributed by atoms with Crippen LogP contribution in [-0.4, -0.2) is 59.9 Å². The number of halogens is 2. The molecular weight excluding hydrogens is 447 g/mol. The van der Waals surface area contributed by atoms with E-state index < -0.39 is 5.82 Å². The molecule has 2 amide bonds. The Morgan fingerprint density at radius 1 is 0.970 bits per heavy atom. The number of hydrogen-bond donors (Lipinski definition) is 1. The molecule has 9 heteroatoms. The zero-order valence-electron chi connectivity index (χ0n) is 17.9. The molecule has 170 valence electrons. The lowest BCUT2D eigenvalue weighted by Gasteiger charge is -2.35. The molecule has 0 unspecified atom stereocenters. The van der Waals surface area contributed by atoms with Gasteiger partial charge in [0.25, 0.3) is 11.8 Å². The van der Waals surface area contributed by atoms with Crippen molar-refractivity contribution in [2.24, 2.45) is 0 Å². The zero-order chi connectivity index (χ0) is 23.4. The predicted molar refractivity (Wildman–Crippen MR) is 124 cm³/mol. The van der Waals surface area contributed by atoms with Crippen molar-refractivity contribution in [2.45, 2.75) is 0 Å². The monoisotopic (exact) mass is 468 g/mol. The van der Waals surface area contributed by atoms with E-state index in [0.717, 1.165) is 6.07 Å². The minimum atomic E-state index is -0.499. The molecule has 1 saturated heterocycles. The average molecular weight is 469 g/mol. The Balaban J connectivity index is 1.46. The van der Waals surface area contributed by atoms with Crippen molar-refractivity contribution < 1.29 is 18.7 Å². The Bertz CT molecular complexity index is 1180. The first kappa shape index (κ1) is 22.5. The number of carbonyl (C=O) groups is 2. The van der Waals surface area contributed by atoms with Gasteiger partial charge in [-0.25, -0.2) is 9.37 Å². The molecule has 1 N–H and O–H groups in total. The number of hydrogen-bond acceptors (Lipinski definition) is 5. The summed E-state index contributed by atoms with van der Waals surface area (Å²) >= 11 is 6.03. The maximum absolute atomic E-state index is 13.3. The first-order valence-electron chi connectivity index (χ1n) is 10.4. The first-order chi connectivity index (χ1) is 16.0. The fourth-order valence-corrected chi connectivity index (χ4v) is 3.92.